The van der Waals surface area contributed by atoms with Crippen LogP contribution in [0, 0.1) is 0 Å². The largest absolute Gasteiger partial charge is 0.496 e. The number of methoxy groups -OCH3 is 1. The molecule has 0 aliphatic carbocycles. The standard InChI is InChI=1S/C15H19N3O2S/c1-18(9-11-5-3-4-6-13(11)20-2)10-12-7-8-21-14(12)15(19)17-16/h3-8H,9-10,16H2,1-2H3,(H,17,19). The van der Waals surface area contributed by atoms with Crippen LogP contribution in [0.15, 0.2) is 35.7 Å². The van der Waals surface area contributed by atoms with Gasteiger partial charge in [-0.3, -0.25) is 15.1 Å². The second kappa shape index (κ2) is 7.21. The van der Waals surface area contributed by atoms with Gasteiger partial charge >= 0.3 is 0 Å². The van der Waals surface area contributed by atoms with Gasteiger partial charge in [0.2, 0.25) is 0 Å². The van der Waals surface area contributed by atoms with Crippen molar-refractivity contribution in [2.24, 2.45) is 5.84 Å². The summed E-state index contributed by atoms with van der Waals surface area (Å²) in [6.45, 7) is 1.41. The minimum absolute atomic E-state index is 0.245. The maximum Gasteiger partial charge on any atom is 0.275 e. The number of nitrogen functional groups attached to an aromatic ring is 1. The van der Waals surface area contributed by atoms with Crippen LogP contribution in [-0.4, -0.2) is 25.0 Å². The molecule has 0 spiro atoms. The number of thiophene rings is 1. The molecule has 6 heteroatoms. The summed E-state index contributed by atoms with van der Waals surface area (Å²) in [5.41, 5.74) is 4.27. The Morgan fingerprint density at radius 3 is 2.71 bits per heavy atom. The fourth-order valence-corrected chi connectivity index (χ4v) is 3.01. The number of amides is 1. The van der Waals surface area contributed by atoms with Gasteiger partial charge in [-0.15, -0.1) is 11.3 Å². The van der Waals surface area contributed by atoms with E-state index in [2.05, 4.69) is 10.3 Å². The predicted molar refractivity (Wildman–Crippen MR) is 84.1 cm³/mol. The van der Waals surface area contributed by atoms with Gasteiger partial charge in [0.1, 0.15) is 5.75 Å². The van der Waals surface area contributed by atoms with E-state index in [4.69, 9.17) is 10.6 Å². The first-order chi connectivity index (χ1) is 10.2. The first kappa shape index (κ1) is 15.5. The molecule has 0 saturated heterocycles. The van der Waals surface area contributed by atoms with Crippen LogP contribution < -0.4 is 16.0 Å². The molecule has 1 heterocycles. The molecule has 2 rings (SSSR count). The summed E-state index contributed by atoms with van der Waals surface area (Å²) >= 11 is 1.39. The van der Waals surface area contributed by atoms with Gasteiger partial charge < -0.3 is 4.74 Å². The van der Waals surface area contributed by atoms with E-state index in [1.165, 1.54) is 11.3 Å². The Morgan fingerprint density at radius 2 is 2.00 bits per heavy atom. The van der Waals surface area contributed by atoms with Crippen LogP contribution in [0.3, 0.4) is 0 Å². The van der Waals surface area contributed by atoms with Gasteiger partial charge in [-0.2, -0.15) is 0 Å². The summed E-state index contributed by atoms with van der Waals surface area (Å²) < 4.78 is 5.36. The molecular formula is C15H19N3O2S. The van der Waals surface area contributed by atoms with Crippen LogP contribution in [0.25, 0.3) is 0 Å². The predicted octanol–water partition coefficient (Wildman–Crippen LogP) is 1.99. The first-order valence-electron chi connectivity index (χ1n) is 6.53. The molecule has 0 bridgehead atoms. The fourth-order valence-electron chi connectivity index (χ4n) is 2.20. The number of ether oxygens (including phenoxy) is 1. The molecule has 21 heavy (non-hydrogen) atoms. The lowest BCUT2D eigenvalue weighted by atomic mass is 10.1. The van der Waals surface area contributed by atoms with Crippen LogP contribution in [-0.2, 0) is 13.1 Å². The molecule has 0 fully saturated rings. The van der Waals surface area contributed by atoms with Crippen molar-refractivity contribution in [3.63, 3.8) is 0 Å². The van der Waals surface area contributed by atoms with Crippen LogP contribution >= 0.6 is 11.3 Å². The number of hydrogen-bond acceptors (Lipinski definition) is 5. The number of rotatable bonds is 6. The van der Waals surface area contributed by atoms with Gasteiger partial charge in [0, 0.05) is 18.7 Å². The molecule has 0 aliphatic heterocycles. The van der Waals surface area contributed by atoms with Crippen molar-refractivity contribution in [2.75, 3.05) is 14.2 Å². The molecule has 1 aromatic heterocycles. The molecule has 0 atom stereocenters. The molecule has 2 aromatic rings. The molecule has 0 aliphatic rings. The van der Waals surface area contributed by atoms with E-state index in [9.17, 15) is 4.79 Å². The maximum atomic E-state index is 11.7. The molecular weight excluding hydrogens is 286 g/mol. The number of nitrogens with zero attached hydrogens (tertiary/aromatic N) is 1. The van der Waals surface area contributed by atoms with E-state index in [-0.39, 0.29) is 5.91 Å². The Kier molecular flexibility index (Phi) is 5.32. The van der Waals surface area contributed by atoms with Crippen molar-refractivity contribution >= 4 is 17.2 Å². The minimum Gasteiger partial charge on any atom is -0.496 e. The molecule has 112 valence electrons. The van der Waals surface area contributed by atoms with E-state index in [0.29, 0.717) is 11.4 Å². The number of para-hydroxylation sites is 1. The third-order valence-corrected chi connectivity index (χ3v) is 4.11. The highest BCUT2D eigenvalue weighted by Crippen LogP contribution is 2.22. The fraction of sp³-hybridized carbons (Fsp3) is 0.267. The monoisotopic (exact) mass is 305 g/mol. The first-order valence-corrected chi connectivity index (χ1v) is 7.41. The van der Waals surface area contributed by atoms with Crippen molar-refractivity contribution in [2.45, 2.75) is 13.1 Å². The molecule has 0 unspecified atom stereocenters. The van der Waals surface area contributed by atoms with Gasteiger partial charge in [0.05, 0.1) is 12.0 Å². The lowest BCUT2D eigenvalue weighted by Gasteiger charge is -2.18. The van der Waals surface area contributed by atoms with E-state index in [0.717, 1.165) is 23.4 Å². The Bertz CT molecular complexity index is 612. The number of hydrazine groups is 1. The number of benzene rings is 1. The molecule has 5 nitrogen and oxygen atoms in total. The average molecular weight is 305 g/mol. The molecule has 3 N–H and O–H groups in total. The maximum absolute atomic E-state index is 11.7. The number of nitrogens with two attached hydrogens (primary N) is 1. The van der Waals surface area contributed by atoms with Crippen molar-refractivity contribution in [1.29, 1.82) is 0 Å². The number of nitrogens with one attached hydrogen (secondary N) is 1. The lowest BCUT2D eigenvalue weighted by Crippen LogP contribution is -2.30. The number of hydrogen-bond donors (Lipinski definition) is 2. The van der Waals surface area contributed by atoms with Crippen LogP contribution in [0.4, 0.5) is 0 Å². The zero-order valence-electron chi connectivity index (χ0n) is 12.1. The quantitative estimate of drug-likeness (QED) is 0.486. The highest BCUT2D eigenvalue weighted by Gasteiger charge is 2.14. The number of carbonyl (C=O) groups is 1. The highest BCUT2D eigenvalue weighted by molar-refractivity contribution is 7.12. The summed E-state index contributed by atoms with van der Waals surface area (Å²) in [5.74, 6) is 5.83. The topological polar surface area (TPSA) is 67.6 Å². The van der Waals surface area contributed by atoms with E-state index in [1.807, 2.05) is 42.8 Å². The zero-order chi connectivity index (χ0) is 15.2. The van der Waals surface area contributed by atoms with Crippen molar-refractivity contribution in [3.05, 3.63) is 51.7 Å². The normalized spacial score (nSPS) is 10.7. The van der Waals surface area contributed by atoms with Crippen molar-refractivity contribution in [1.82, 2.24) is 10.3 Å². The smallest absolute Gasteiger partial charge is 0.275 e. The summed E-state index contributed by atoms with van der Waals surface area (Å²) in [6.07, 6.45) is 0. The molecule has 1 amide bonds. The summed E-state index contributed by atoms with van der Waals surface area (Å²) in [4.78, 5) is 14.5. The summed E-state index contributed by atoms with van der Waals surface area (Å²) in [5, 5.41) is 1.90. The third-order valence-electron chi connectivity index (χ3n) is 3.16. The Hall–Kier alpha value is -1.89. The van der Waals surface area contributed by atoms with Crippen molar-refractivity contribution < 1.29 is 9.53 Å². The van der Waals surface area contributed by atoms with E-state index < -0.39 is 0 Å². The van der Waals surface area contributed by atoms with Crippen LogP contribution in [0.2, 0.25) is 0 Å². The minimum atomic E-state index is -0.245. The zero-order valence-corrected chi connectivity index (χ0v) is 12.9. The SMILES string of the molecule is COc1ccccc1CN(C)Cc1ccsc1C(=O)NN. The van der Waals surface area contributed by atoms with Crippen LogP contribution in [0.5, 0.6) is 5.75 Å². The summed E-state index contributed by atoms with van der Waals surface area (Å²) in [7, 11) is 3.68. The Morgan fingerprint density at radius 1 is 1.29 bits per heavy atom. The van der Waals surface area contributed by atoms with Gasteiger partial charge in [-0.1, -0.05) is 18.2 Å². The van der Waals surface area contributed by atoms with Gasteiger partial charge in [-0.05, 0) is 30.1 Å². The highest BCUT2D eigenvalue weighted by atomic mass is 32.1. The van der Waals surface area contributed by atoms with E-state index in [1.54, 1.807) is 7.11 Å². The molecule has 0 saturated carbocycles. The second-order valence-corrected chi connectivity index (χ2v) is 5.65. The Labute approximate surface area is 128 Å². The Balaban J connectivity index is 2.07. The van der Waals surface area contributed by atoms with Crippen molar-refractivity contribution in [3.8, 4) is 5.75 Å². The van der Waals surface area contributed by atoms with Gasteiger partial charge in [0.15, 0.2) is 0 Å². The molecule has 1 aromatic carbocycles. The summed E-state index contributed by atoms with van der Waals surface area (Å²) in [6, 6.07) is 9.87. The number of carbonyl (C=O) groups excluding carboxylic acids is 1. The lowest BCUT2D eigenvalue weighted by molar-refractivity contribution is 0.0956. The van der Waals surface area contributed by atoms with Gasteiger partial charge in [0.25, 0.3) is 5.91 Å². The average Bonchev–Trinajstić information content (AvgIpc) is 2.95. The van der Waals surface area contributed by atoms with Crippen LogP contribution in [0.1, 0.15) is 20.8 Å². The third kappa shape index (κ3) is 3.81. The second-order valence-electron chi connectivity index (χ2n) is 4.73. The van der Waals surface area contributed by atoms with Gasteiger partial charge in [-0.25, -0.2) is 5.84 Å². The van der Waals surface area contributed by atoms with E-state index >= 15 is 0 Å². The molecule has 0 radical (unpaired) electrons.